The van der Waals surface area contributed by atoms with Crippen LogP contribution >= 0.6 is 0 Å². The van der Waals surface area contributed by atoms with Crippen molar-refractivity contribution in [3.05, 3.63) is 66.1 Å². The molecule has 0 bridgehead atoms. The summed E-state index contributed by atoms with van der Waals surface area (Å²) in [7, 11) is 1.87. The summed E-state index contributed by atoms with van der Waals surface area (Å²) in [5, 5.41) is 12.7. The SMILES string of the molecule is C=C(/C=C(\NC)Nc1ccnc(Nc2ccc(CCC(=O)NCCN(CC)CC)cc2)n1)C1CC1. The van der Waals surface area contributed by atoms with E-state index in [1.807, 2.05) is 43.5 Å². The van der Waals surface area contributed by atoms with E-state index in [0.29, 0.717) is 37.1 Å². The highest BCUT2D eigenvalue weighted by molar-refractivity contribution is 5.76. The van der Waals surface area contributed by atoms with Crippen molar-refractivity contribution >= 4 is 23.4 Å². The number of anilines is 3. The molecule has 1 heterocycles. The van der Waals surface area contributed by atoms with Gasteiger partial charge in [0.05, 0.1) is 0 Å². The highest BCUT2D eigenvalue weighted by Gasteiger charge is 2.23. The number of amides is 1. The van der Waals surface area contributed by atoms with Crippen LogP contribution in [-0.4, -0.2) is 54.0 Å². The summed E-state index contributed by atoms with van der Waals surface area (Å²) in [4.78, 5) is 23.3. The minimum atomic E-state index is 0.0905. The average molecular weight is 478 g/mol. The lowest BCUT2D eigenvalue weighted by Gasteiger charge is -2.17. The summed E-state index contributed by atoms with van der Waals surface area (Å²) in [5.41, 5.74) is 3.14. The van der Waals surface area contributed by atoms with Crippen molar-refractivity contribution in [1.29, 1.82) is 0 Å². The third-order valence-electron chi connectivity index (χ3n) is 6.11. The van der Waals surface area contributed by atoms with E-state index in [9.17, 15) is 4.79 Å². The molecule has 2 aromatic rings. The van der Waals surface area contributed by atoms with Gasteiger partial charge in [0.2, 0.25) is 11.9 Å². The molecule has 1 aromatic heterocycles. The molecule has 0 radical (unpaired) electrons. The first-order valence-corrected chi connectivity index (χ1v) is 12.5. The van der Waals surface area contributed by atoms with E-state index >= 15 is 0 Å². The summed E-state index contributed by atoms with van der Waals surface area (Å²) in [6, 6.07) is 9.84. The summed E-state index contributed by atoms with van der Waals surface area (Å²) >= 11 is 0. The first-order chi connectivity index (χ1) is 17.0. The summed E-state index contributed by atoms with van der Waals surface area (Å²) in [5.74, 6) is 2.75. The van der Waals surface area contributed by atoms with Crippen molar-refractivity contribution in [3.8, 4) is 0 Å². The Balaban J connectivity index is 1.47. The lowest BCUT2D eigenvalue weighted by atomic mass is 10.1. The fraction of sp³-hybridized carbons (Fsp3) is 0.444. The second-order valence-electron chi connectivity index (χ2n) is 8.75. The number of hydrogen-bond donors (Lipinski definition) is 4. The van der Waals surface area contributed by atoms with E-state index in [0.717, 1.165) is 42.3 Å². The lowest BCUT2D eigenvalue weighted by molar-refractivity contribution is -0.121. The van der Waals surface area contributed by atoms with Crippen LogP contribution in [0.15, 0.2) is 60.6 Å². The number of likely N-dealkylation sites (N-methyl/N-ethyl adjacent to an activating group) is 1. The Kier molecular flexibility index (Phi) is 10.1. The van der Waals surface area contributed by atoms with E-state index in [1.54, 1.807) is 6.20 Å². The van der Waals surface area contributed by atoms with Crippen LogP contribution in [0, 0.1) is 5.92 Å². The first-order valence-electron chi connectivity index (χ1n) is 12.5. The lowest BCUT2D eigenvalue weighted by Crippen LogP contribution is -2.34. The van der Waals surface area contributed by atoms with Crippen molar-refractivity contribution < 1.29 is 4.79 Å². The Morgan fingerprint density at radius 2 is 1.91 bits per heavy atom. The minimum absolute atomic E-state index is 0.0905. The summed E-state index contributed by atoms with van der Waals surface area (Å²) < 4.78 is 0. The van der Waals surface area contributed by atoms with Gasteiger partial charge < -0.3 is 26.2 Å². The predicted molar refractivity (Wildman–Crippen MR) is 144 cm³/mol. The second-order valence-corrected chi connectivity index (χ2v) is 8.75. The molecule has 0 atom stereocenters. The Morgan fingerprint density at radius 3 is 2.57 bits per heavy atom. The molecular weight excluding hydrogens is 438 g/mol. The largest absolute Gasteiger partial charge is 0.375 e. The summed E-state index contributed by atoms with van der Waals surface area (Å²) in [6.45, 7) is 12.0. The Labute approximate surface area is 209 Å². The third kappa shape index (κ3) is 9.05. The molecule has 0 aliphatic heterocycles. The summed E-state index contributed by atoms with van der Waals surface area (Å²) in [6.07, 6.45) is 7.38. The Morgan fingerprint density at radius 1 is 1.17 bits per heavy atom. The number of nitrogens with zero attached hydrogens (tertiary/aromatic N) is 3. The van der Waals surface area contributed by atoms with Gasteiger partial charge >= 0.3 is 0 Å². The van der Waals surface area contributed by atoms with Crippen LogP contribution in [-0.2, 0) is 11.2 Å². The van der Waals surface area contributed by atoms with Gasteiger partial charge in [-0.15, -0.1) is 0 Å². The van der Waals surface area contributed by atoms with Crippen LogP contribution in [0.25, 0.3) is 0 Å². The van der Waals surface area contributed by atoms with Gasteiger partial charge in [-0.2, -0.15) is 4.98 Å². The number of hydrogen-bond acceptors (Lipinski definition) is 7. The van der Waals surface area contributed by atoms with E-state index in [-0.39, 0.29) is 5.91 Å². The second kappa shape index (κ2) is 13.5. The molecule has 4 N–H and O–H groups in total. The van der Waals surface area contributed by atoms with Crippen LogP contribution in [0.3, 0.4) is 0 Å². The maximum atomic E-state index is 12.1. The molecule has 8 heteroatoms. The number of nitrogens with one attached hydrogen (secondary N) is 4. The zero-order valence-corrected chi connectivity index (χ0v) is 21.2. The maximum absolute atomic E-state index is 12.1. The minimum Gasteiger partial charge on any atom is -0.375 e. The topological polar surface area (TPSA) is 94.2 Å². The zero-order chi connectivity index (χ0) is 25.0. The number of benzene rings is 1. The van der Waals surface area contributed by atoms with E-state index in [2.05, 4.69) is 56.6 Å². The van der Waals surface area contributed by atoms with Crippen molar-refractivity contribution in [2.45, 2.75) is 39.5 Å². The number of carbonyl (C=O) groups excluding carboxylic acids is 1. The van der Waals surface area contributed by atoms with Gasteiger partial charge in [-0.1, -0.05) is 32.6 Å². The van der Waals surface area contributed by atoms with Gasteiger partial charge in [-0.25, -0.2) is 4.98 Å². The van der Waals surface area contributed by atoms with Gasteiger partial charge in [0.1, 0.15) is 11.6 Å². The molecule has 0 unspecified atom stereocenters. The molecule has 1 amide bonds. The standard InChI is InChI=1S/C27H39N7O/c1-5-34(6-2)18-17-29-26(35)14-9-21-7-12-23(13-8-21)31-27-30-16-15-24(33-27)32-25(28-4)19-20(3)22-10-11-22/h7-8,12-13,15-16,19,22,28H,3,5-6,9-11,14,17-18H2,1-2,4H3,(H,29,35)(H2,30,31,32,33)/b25-19+. The van der Waals surface area contributed by atoms with E-state index in [1.165, 1.54) is 12.8 Å². The highest BCUT2D eigenvalue weighted by atomic mass is 16.1. The highest BCUT2D eigenvalue weighted by Crippen LogP contribution is 2.36. The van der Waals surface area contributed by atoms with Crippen LogP contribution in [0.2, 0.25) is 0 Å². The quantitative estimate of drug-likeness (QED) is 0.288. The Bertz CT molecular complexity index is 995. The van der Waals surface area contributed by atoms with Crippen LogP contribution < -0.4 is 21.3 Å². The van der Waals surface area contributed by atoms with Crippen molar-refractivity contribution in [2.75, 3.05) is 43.9 Å². The van der Waals surface area contributed by atoms with Gasteiger partial charge in [0, 0.05) is 38.4 Å². The molecule has 1 fully saturated rings. The van der Waals surface area contributed by atoms with Crippen molar-refractivity contribution in [2.24, 2.45) is 5.92 Å². The molecule has 1 aromatic carbocycles. The van der Waals surface area contributed by atoms with Crippen LogP contribution in [0.5, 0.6) is 0 Å². The van der Waals surface area contributed by atoms with Gasteiger partial charge in [-0.3, -0.25) is 4.79 Å². The number of allylic oxidation sites excluding steroid dienone is 2. The molecule has 35 heavy (non-hydrogen) atoms. The fourth-order valence-electron chi connectivity index (χ4n) is 3.68. The van der Waals surface area contributed by atoms with Crippen molar-refractivity contribution in [3.63, 3.8) is 0 Å². The molecule has 1 aliphatic carbocycles. The molecule has 0 spiro atoms. The zero-order valence-electron chi connectivity index (χ0n) is 21.2. The average Bonchev–Trinajstić information content (AvgIpc) is 3.72. The van der Waals surface area contributed by atoms with Gasteiger partial charge in [-0.05, 0) is 73.7 Å². The molecule has 3 rings (SSSR count). The number of aryl methyl sites for hydroxylation is 1. The monoisotopic (exact) mass is 477 g/mol. The first kappa shape index (κ1) is 26.2. The predicted octanol–water partition coefficient (Wildman–Crippen LogP) is 4.05. The fourth-order valence-corrected chi connectivity index (χ4v) is 3.68. The van der Waals surface area contributed by atoms with Gasteiger partial charge in [0.15, 0.2) is 0 Å². The molecule has 1 aliphatic rings. The van der Waals surface area contributed by atoms with Gasteiger partial charge in [0.25, 0.3) is 0 Å². The molecule has 8 nitrogen and oxygen atoms in total. The van der Waals surface area contributed by atoms with Crippen molar-refractivity contribution in [1.82, 2.24) is 25.5 Å². The molecular formula is C27H39N7O. The maximum Gasteiger partial charge on any atom is 0.229 e. The number of carbonyl (C=O) groups is 1. The van der Waals surface area contributed by atoms with Crippen LogP contribution in [0.4, 0.5) is 17.5 Å². The molecule has 0 saturated heterocycles. The van der Waals surface area contributed by atoms with E-state index in [4.69, 9.17) is 0 Å². The third-order valence-corrected chi connectivity index (χ3v) is 6.11. The van der Waals surface area contributed by atoms with Crippen LogP contribution in [0.1, 0.15) is 38.7 Å². The Hall–Kier alpha value is -3.39. The smallest absolute Gasteiger partial charge is 0.229 e. The number of aromatic nitrogens is 2. The van der Waals surface area contributed by atoms with E-state index < -0.39 is 0 Å². The number of rotatable bonds is 15. The molecule has 1 saturated carbocycles. The normalized spacial score (nSPS) is 13.4. The molecule has 188 valence electrons.